The van der Waals surface area contributed by atoms with Gasteiger partial charge in [0.25, 0.3) is 0 Å². The molecule has 0 aromatic heterocycles. The van der Waals surface area contributed by atoms with E-state index >= 15 is 0 Å². The van der Waals surface area contributed by atoms with Gasteiger partial charge in [-0.15, -0.1) is 0 Å². The van der Waals surface area contributed by atoms with E-state index in [0.29, 0.717) is 6.54 Å². The predicted octanol–water partition coefficient (Wildman–Crippen LogP) is 4.56. The molecule has 1 heterocycles. The van der Waals surface area contributed by atoms with Crippen molar-refractivity contribution in [2.45, 2.75) is 26.3 Å². The molecule has 2 amide bonds. The first-order valence-electron chi connectivity index (χ1n) is 10.3. The van der Waals surface area contributed by atoms with Crippen LogP contribution in [0, 0.1) is 19.8 Å². The molecule has 1 aliphatic heterocycles. The fourth-order valence-electron chi connectivity index (χ4n) is 4.15. The molecular weight excluding hydrogens is 372 g/mol. The van der Waals surface area contributed by atoms with E-state index in [1.807, 2.05) is 86.6 Å². The Morgan fingerprint density at radius 3 is 1.97 bits per heavy atom. The largest absolute Gasteiger partial charge is 0.345 e. The number of aryl methyl sites for hydroxylation is 2. The van der Waals surface area contributed by atoms with Gasteiger partial charge in [0.2, 0.25) is 11.8 Å². The van der Waals surface area contributed by atoms with E-state index in [1.165, 1.54) is 0 Å². The van der Waals surface area contributed by atoms with Crippen LogP contribution in [0.25, 0.3) is 0 Å². The second kappa shape index (κ2) is 8.54. The number of carbonyl (C=O) groups excluding carboxylic acids is 2. The quantitative estimate of drug-likeness (QED) is 0.685. The Hall–Kier alpha value is -3.40. The first kappa shape index (κ1) is 19.9. The average Bonchev–Trinajstić information content (AvgIpc) is 3.14. The summed E-state index contributed by atoms with van der Waals surface area (Å²) in [5.41, 5.74) is 5.13. The van der Waals surface area contributed by atoms with Crippen molar-refractivity contribution in [2.24, 2.45) is 5.92 Å². The zero-order chi connectivity index (χ0) is 21.1. The van der Waals surface area contributed by atoms with Crippen LogP contribution in [-0.4, -0.2) is 18.4 Å². The number of rotatable bonds is 5. The van der Waals surface area contributed by atoms with Gasteiger partial charge in [0.1, 0.15) is 0 Å². The van der Waals surface area contributed by atoms with Crippen molar-refractivity contribution in [1.82, 2.24) is 5.32 Å². The second-order valence-corrected chi connectivity index (χ2v) is 8.01. The summed E-state index contributed by atoms with van der Waals surface area (Å²) in [6.07, 6.45) is 0.231. The van der Waals surface area contributed by atoms with Gasteiger partial charge in [0, 0.05) is 18.7 Å². The van der Waals surface area contributed by atoms with E-state index in [1.54, 1.807) is 4.90 Å². The molecule has 4 rings (SSSR count). The van der Waals surface area contributed by atoms with Gasteiger partial charge in [-0.25, -0.2) is 0 Å². The Morgan fingerprint density at radius 2 is 1.43 bits per heavy atom. The molecule has 0 aliphatic carbocycles. The van der Waals surface area contributed by atoms with Gasteiger partial charge in [-0.3, -0.25) is 9.59 Å². The molecule has 0 saturated carbocycles. The normalized spacial score (nSPS) is 16.2. The lowest BCUT2D eigenvalue weighted by Crippen LogP contribution is -2.36. The Labute approximate surface area is 177 Å². The monoisotopic (exact) mass is 398 g/mol. The number of carbonyl (C=O) groups is 2. The molecule has 0 spiro atoms. The summed E-state index contributed by atoms with van der Waals surface area (Å²) in [4.78, 5) is 27.6. The van der Waals surface area contributed by atoms with Crippen LogP contribution in [0.5, 0.6) is 0 Å². The average molecular weight is 399 g/mol. The maximum Gasteiger partial charge on any atom is 0.227 e. The summed E-state index contributed by atoms with van der Waals surface area (Å²) in [5.74, 6) is -0.461. The van der Waals surface area contributed by atoms with Crippen molar-refractivity contribution in [2.75, 3.05) is 11.4 Å². The molecule has 1 aliphatic rings. The lowest BCUT2D eigenvalue weighted by molar-refractivity contribution is -0.126. The van der Waals surface area contributed by atoms with E-state index < -0.39 is 0 Å². The highest BCUT2D eigenvalue weighted by Gasteiger charge is 2.36. The predicted molar refractivity (Wildman–Crippen MR) is 119 cm³/mol. The third-order valence-electron chi connectivity index (χ3n) is 5.57. The Kier molecular flexibility index (Phi) is 5.66. The minimum absolute atomic E-state index is 0.00359. The SMILES string of the molecule is Cc1cc(C)cc(N2CC(C(=O)NC(c3ccccc3)c3ccccc3)CC2=O)c1. The summed E-state index contributed by atoms with van der Waals surface area (Å²) < 4.78 is 0. The molecule has 0 radical (unpaired) electrons. The lowest BCUT2D eigenvalue weighted by atomic mass is 9.97. The van der Waals surface area contributed by atoms with Gasteiger partial charge < -0.3 is 10.2 Å². The third kappa shape index (κ3) is 4.28. The summed E-state index contributed by atoms with van der Waals surface area (Å²) in [6.45, 7) is 4.45. The van der Waals surface area contributed by atoms with Crippen LogP contribution >= 0.6 is 0 Å². The minimum Gasteiger partial charge on any atom is -0.345 e. The fraction of sp³-hybridized carbons (Fsp3) is 0.231. The zero-order valence-corrected chi connectivity index (χ0v) is 17.3. The molecule has 1 unspecified atom stereocenters. The number of nitrogens with zero attached hydrogens (tertiary/aromatic N) is 1. The number of nitrogens with one attached hydrogen (secondary N) is 1. The number of hydrogen-bond acceptors (Lipinski definition) is 2. The first-order valence-corrected chi connectivity index (χ1v) is 10.3. The summed E-state index contributed by atoms with van der Waals surface area (Å²) in [6, 6.07) is 25.7. The molecule has 4 nitrogen and oxygen atoms in total. The standard InChI is InChI=1S/C26H26N2O2/c1-18-13-19(2)15-23(14-18)28-17-22(16-24(28)29)26(30)27-25(20-9-5-3-6-10-20)21-11-7-4-8-12-21/h3-15,22,25H,16-17H2,1-2H3,(H,27,30). The van der Waals surface area contributed by atoms with Crippen molar-refractivity contribution in [3.05, 3.63) is 101 Å². The number of amides is 2. The lowest BCUT2D eigenvalue weighted by Gasteiger charge is -2.22. The van der Waals surface area contributed by atoms with E-state index in [9.17, 15) is 9.59 Å². The highest BCUT2D eigenvalue weighted by Crippen LogP contribution is 2.28. The Morgan fingerprint density at radius 1 is 0.900 bits per heavy atom. The van der Waals surface area contributed by atoms with E-state index in [-0.39, 0.29) is 30.2 Å². The van der Waals surface area contributed by atoms with Gasteiger partial charge in [-0.05, 0) is 48.2 Å². The fourth-order valence-corrected chi connectivity index (χ4v) is 4.15. The van der Waals surface area contributed by atoms with Gasteiger partial charge in [-0.1, -0.05) is 66.7 Å². The van der Waals surface area contributed by atoms with Crippen molar-refractivity contribution in [3.63, 3.8) is 0 Å². The maximum absolute atomic E-state index is 13.2. The van der Waals surface area contributed by atoms with Crippen LogP contribution in [0.2, 0.25) is 0 Å². The van der Waals surface area contributed by atoms with Crippen molar-refractivity contribution in [3.8, 4) is 0 Å². The molecule has 1 atom stereocenters. The van der Waals surface area contributed by atoms with Crippen LogP contribution in [-0.2, 0) is 9.59 Å². The topological polar surface area (TPSA) is 49.4 Å². The minimum atomic E-state index is -0.367. The van der Waals surface area contributed by atoms with Crippen LogP contribution < -0.4 is 10.2 Å². The van der Waals surface area contributed by atoms with Crippen LogP contribution in [0.15, 0.2) is 78.9 Å². The third-order valence-corrected chi connectivity index (χ3v) is 5.57. The molecule has 1 N–H and O–H groups in total. The first-order chi connectivity index (χ1) is 14.5. The van der Waals surface area contributed by atoms with Crippen LogP contribution in [0.3, 0.4) is 0 Å². The number of hydrogen-bond donors (Lipinski definition) is 1. The molecule has 4 heteroatoms. The summed E-state index contributed by atoms with van der Waals surface area (Å²) in [7, 11) is 0. The molecule has 1 saturated heterocycles. The molecule has 3 aromatic rings. The Balaban J connectivity index is 1.54. The highest BCUT2D eigenvalue weighted by molar-refractivity contribution is 6.00. The molecule has 30 heavy (non-hydrogen) atoms. The van der Waals surface area contributed by atoms with Crippen molar-refractivity contribution >= 4 is 17.5 Å². The molecule has 0 bridgehead atoms. The van der Waals surface area contributed by atoms with E-state index in [2.05, 4.69) is 11.4 Å². The summed E-state index contributed by atoms with van der Waals surface area (Å²) in [5, 5.41) is 3.19. The van der Waals surface area contributed by atoms with Crippen LogP contribution in [0.1, 0.15) is 34.7 Å². The second-order valence-electron chi connectivity index (χ2n) is 8.01. The summed E-state index contributed by atoms with van der Waals surface area (Å²) >= 11 is 0. The van der Waals surface area contributed by atoms with Gasteiger partial charge in [0.05, 0.1) is 12.0 Å². The van der Waals surface area contributed by atoms with Crippen molar-refractivity contribution in [1.29, 1.82) is 0 Å². The molecule has 152 valence electrons. The number of anilines is 1. The van der Waals surface area contributed by atoms with Gasteiger partial charge in [-0.2, -0.15) is 0 Å². The van der Waals surface area contributed by atoms with E-state index in [4.69, 9.17) is 0 Å². The molecule has 1 fully saturated rings. The molecular formula is C26H26N2O2. The van der Waals surface area contributed by atoms with Crippen LogP contribution in [0.4, 0.5) is 5.69 Å². The van der Waals surface area contributed by atoms with E-state index in [0.717, 1.165) is 27.9 Å². The molecule has 3 aromatic carbocycles. The zero-order valence-electron chi connectivity index (χ0n) is 17.3. The number of benzene rings is 3. The maximum atomic E-state index is 13.2. The van der Waals surface area contributed by atoms with Crippen molar-refractivity contribution < 1.29 is 9.59 Å². The smallest absolute Gasteiger partial charge is 0.227 e. The highest BCUT2D eigenvalue weighted by atomic mass is 16.2. The Bertz CT molecular complexity index is 987. The van der Waals surface area contributed by atoms with Gasteiger partial charge >= 0.3 is 0 Å². The van der Waals surface area contributed by atoms with Gasteiger partial charge in [0.15, 0.2) is 0 Å².